The van der Waals surface area contributed by atoms with Crippen molar-refractivity contribution in [2.24, 2.45) is 5.92 Å². The van der Waals surface area contributed by atoms with Gasteiger partial charge in [0.15, 0.2) is 0 Å². The Bertz CT molecular complexity index is 254. The lowest BCUT2D eigenvalue weighted by atomic mass is 9.70. The molecule has 2 N–H and O–H groups in total. The summed E-state index contributed by atoms with van der Waals surface area (Å²) in [6, 6.07) is 0. The smallest absolute Gasteiger partial charge is 0.0686 e. The largest absolute Gasteiger partial charge is 0.390 e. The zero-order valence-corrected chi connectivity index (χ0v) is 12.0. The molecule has 2 fully saturated rings. The fourth-order valence-electron chi connectivity index (χ4n) is 3.69. The summed E-state index contributed by atoms with van der Waals surface area (Å²) >= 11 is 0. The predicted octanol–water partition coefficient (Wildman–Crippen LogP) is 2.48. The average molecular weight is 255 g/mol. The molecular formula is C15H29NO2. The molecule has 2 unspecified atom stereocenters. The van der Waals surface area contributed by atoms with Crippen LogP contribution in [0.5, 0.6) is 0 Å². The first-order chi connectivity index (χ1) is 8.58. The molecule has 1 aliphatic carbocycles. The number of aliphatic hydroxyl groups is 1. The summed E-state index contributed by atoms with van der Waals surface area (Å²) in [5.41, 5.74) is -0.442. The van der Waals surface area contributed by atoms with Gasteiger partial charge < -0.3 is 15.2 Å². The molecule has 1 spiro atoms. The molecule has 0 aromatic carbocycles. The zero-order valence-electron chi connectivity index (χ0n) is 12.0. The number of hydrogen-bond donors (Lipinski definition) is 2. The van der Waals surface area contributed by atoms with Crippen LogP contribution in [0.25, 0.3) is 0 Å². The van der Waals surface area contributed by atoms with E-state index in [2.05, 4.69) is 5.32 Å². The Kier molecular flexibility index (Phi) is 4.68. The van der Waals surface area contributed by atoms with Crippen LogP contribution < -0.4 is 5.32 Å². The minimum Gasteiger partial charge on any atom is -0.390 e. The minimum atomic E-state index is -0.544. The predicted molar refractivity (Wildman–Crippen MR) is 73.7 cm³/mol. The van der Waals surface area contributed by atoms with Gasteiger partial charge in [-0.2, -0.15) is 0 Å². The molecule has 1 saturated heterocycles. The van der Waals surface area contributed by atoms with Crippen molar-refractivity contribution >= 4 is 0 Å². The molecule has 2 atom stereocenters. The van der Waals surface area contributed by atoms with Gasteiger partial charge in [-0.3, -0.25) is 0 Å². The summed E-state index contributed by atoms with van der Waals surface area (Å²) in [6.45, 7) is 3.73. The van der Waals surface area contributed by atoms with E-state index in [-0.39, 0.29) is 5.60 Å². The molecule has 1 saturated carbocycles. The van der Waals surface area contributed by atoms with E-state index in [0.29, 0.717) is 5.92 Å². The lowest BCUT2D eigenvalue weighted by Crippen LogP contribution is -2.48. The molecule has 0 aromatic heterocycles. The summed E-state index contributed by atoms with van der Waals surface area (Å²) < 4.78 is 6.11. The third kappa shape index (κ3) is 3.25. The van der Waals surface area contributed by atoms with E-state index in [4.69, 9.17) is 4.74 Å². The van der Waals surface area contributed by atoms with Gasteiger partial charge in [-0.05, 0) is 58.5 Å². The van der Waals surface area contributed by atoms with Crippen molar-refractivity contribution in [3.63, 3.8) is 0 Å². The molecule has 0 radical (unpaired) electrons. The average Bonchev–Trinajstić information content (AvgIpc) is 2.37. The minimum absolute atomic E-state index is 0.102. The van der Waals surface area contributed by atoms with E-state index in [1.165, 1.54) is 32.1 Å². The van der Waals surface area contributed by atoms with Crippen LogP contribution in [0.3, 0.4) is 0 Å². The van der Waals surface area contributed by atoms with E-state index in [9.17, 15) is 5.11 Å². The van der Waals surface area contributed by atoms with Gasteiger partial charge in [0.1, 0.15) is 0 Å². The van der Waals surface area contributed by atoms with E-state index in [0.717, 1.165) is 32.4 Å². The summed E-state index contributed by atoms with van der Waals surface area (Å²) in [6.07, 6.45) is 9.26. The van der Waals surface area contributed by atoms with Crippen molar-refractivity contribution < 1.29 is 9.84 Å². The molecule has 0 amide bonds. The second-order valence-corrected chi connectivity index (χ2v) is 6.49. The maximum Gasteiger partial charge on any atom is 0.0686 e. The molecule has 3 heteroatoms. The van der Waals surface area contributed by atoms with Crippen molar-refractivity contribution in [3.05, 3.63) is 0 Å². The first kappa shape index (κ1) is 14.3. The molecule has 1 heterocycles. The van der Waals surface area contributed by atoms with Crippen LogP contribution in [-0.2, 0) is 4.74 Å². The highest BCUT2D eigenvalue weighted by Gasteiger charge is 2.43. The molecule has 3 nitrogen and oxygen atoms in total. The second-order valence-electron chi connectivity index (χ2n) is 6.49. The summed E-state index contributed by atoms with van der Waals surface area (Å²) in [5, 5.41) is 13.8. The Labute approximate surface area is 111 Å². The fourth-order valence-corrected chi connectivity index (χ4v) is 3.69. The number of hydrogen-bond acceptors (Lipinski definition) is 3. The van der Waals surface area contributed by atoms with Gasteiger partial charge in [0.25, 0.3) is 0 Å². The SMILES string of the molecule is CNCCC(C)(O)C1CCOC2(CCCCC2)C1. The number of nitrogens with one attached hydrogen (secondary N) is 1. The molecule has 0 bridgehead atoms. The highest BCUT2D eigenvalue weighted by molar-refractivity contribution is 4.95. The van der Waals surface area contributed by atoms with Gasteiger partial charge in [-0.15, -0.1) is 0 Å². The van der Waals surface area contributed by atoms with Crippen LogP contribution in [0.4, 0.5) is 0 Å². The maximum absolute atomic E-state index is 10.7. The van der Waals surface area contributed by atoms with Gasteiger partial charge in [0.2, 0.25) is 0 Å². The molecular weight excluding hydrogens is 226 g/mol. The maximum atomic E-state index is 10.7. The van der Waals surface area contributed by atoms with Gasteiger partial charge >= 0.3 is 0 Å². The highest BCUT2D eigenvalue weighted by Crippen LogP contribution is 2.44. The highest BCUT2D eigenvalue weighted by atomic mass is 16.5. The third-order valence-corrected chi connectivity index (χ3v) is 5.02. The van der Waals surface area contributed by atoms with E-state index in [1.807, 2.05) is 14.0 Å². The Morgan fingerprint density at radius 3 is 2.72 bits per heavy atom. The van der Waals surface area contributed by atoms with Crippen molar-refractivity contribution in [3.8, 4) is 0 Å². The fraction of sp³-hybridized carbons (Fsp3) is 1.00. The third-order valence-electron chi connectivity index (χ3n) is 5.02. The van der Waals surface area contributed by atoms with Crippen molar-refractivity contribution in [2.75, 3.05) is 20.2 Å². The van der Waals surface area contributed by atoms with E-state index < -0.39 is 5.60 Å². The van der Waals surface area contributed by atoms with Gasteiger partial charge in [-0.1, -0.05) is 19.3 Å². The van der Waals surface area contributed by atoms with E-state index in [1.54, 1.807) is 0 Å². The van der Waals surface area contributed by atoms with Crippen molar-refractivity contribution in [2.45, 2.75) is 69.5 Å². The summed E-state index contributed by atoms with van der Waals surface area (Å²) in [4.78, 5) is 0. The Hall–Kier alpha value is -0.120. The second kappa shape index (κ2) is 5.89. The molecule has 106 valence electrons. The summed E-state index contributed by atoms with van der Waals surface area (Å²) in [5.74, 6) is 0.401. The Morgan fingerprint density at radius 1 is 1.33 bits per heavy atom. The van der Waals surface area contributed by atoms with Gasteiger partial charge in [-0.25, -0.2) is 0 Å². The van der Waals surface area contributed by atoms with Crippen LogP contribution in [0.15, 0.2) is 0 Å². The van der Waals surface area contributed by atoms with Crippen LogP contribution in [0.2, 0.25) is 0 Å². The summed E-state index contributed by atoms with van der Waals surface area (Å²) in [7, 11) is 1.95. The first-order valence-electron chi connectivity index (χ1n) is 7.59. The topological polar surface area (TPSA) is 41.5 Å². The molecule has 18 heavy (non-hydrogen) atoms. The molecule has 0 aromatic rings. The van der Waals surface area contributed by atoms with Gasteiger partial charge in [0, 0.05) is 6.61 Å². The van der Waals surface area contributed by atoms with Crippen LogP contribution in [0.1, 0.15) is 58.3 Å². The van der Waals surface area contributed by atoms with Crippen molar-refractivity contribution in [1.29, 1.82) is 0 Å². The lowest BCUT2D eigenvalue weighted by molar-refractivity contribution is -0.153. The lowest BCUT2D eigenvalue weighted by Gasteiger charge is -2.47. The first-order valence-corrected chi connectivity index (χ1v) is 7.59. The normalized spacial score (nSPS) is 31.2. The van der Waals surface area contributed by atoms with Crippen LogP contribution in [0, 0.1) is 5.92 Å². The van der Waals surface area contributed by atoms with Crippen molar-refractivity contribution in [1.82, 2.24) is 5.32 Å². The van der Waals surface area contributed by atoms with Crippen LogP contribution >= 0.6 is 0 Å². The molecule has 1 aliphatic heterocycles. The standard InChI is InChI=1S/C15H29NO2/c1-14(17,9-10-16-2)13-6-11-18-15(12-13)7-4-3-5-8-15/h13,16-17H,3-12H2,1-2H3. The Morgan fingerprint density at radius 2 is 2.06 bits per heavy atom. The zero-order chi connectivity index (χ0) is 13.1. The van der Waals surface area contributed by atoms with Crippen LogP contribution in [-0.4, -0.2) is 36.5 Å². The number of ether oxygens (including phenoxy) is 1. The molecule has 2 rings (SSSR count). The number of rotatable bonds is 4. The monoisotopic (exact) mass is 255 g/mol. The Balaban J connectivity index is 1.96. The van der Waals surface area contributed by atoms with Gasteiger partial charge in [0.05, 0.1) is 11.2 Å². The molecule has 2 aliphatic rings. The quantitative estimate of drug-likeness (QED) is 0.811. The van der Waals surface area contributed by atoms with E-state index >= 15 is 0 Å².